The van der Waals surface area contributed by atoms with Crippen LogP contribution >= 0.6 is 0 Å². The standard InChI is InChI=1S/C14H22F2N2O/c1-11(17-9-6-10-18(2)3)12-7-4-5-8-13(12)19-14(15)16/h4-5,7-8,11,14,17H,6,9-10H2,1-3H3. The third kappa shape index (κ3) is 5.98. The molecule has 0 aliphatic rings. The molecule has 0 saturated carbocycles. The molecular formula is C14H22F2N2O. The van der Waals surface area contributed by atoms with Gasteiger partial charge in [-0.2, -0.15) is 8.78 Å². The topological polar surface area (TPSA) is 24.5 Å². The van der Waals surface area contributed by atoms with E-state index in [0.717, 1.165) is 25.1 Å². The zero-order valence-electron chi connectivity index (χ0n) is 11.7. The monoisotopic (exact) mass is 272 g/mol. The average molecular weight is 272 g/mol. The first-order chi connectivity index (χ1) is 9.00. The minimum absolute atomic E-state index is 0.0166. The van der Waals surface area contributed by atoms with Crippen LogP contribution in [0.5, 0.6) is 5.75 Å². The number of nitrogens with one attached hydrogen (secondary N) is 1. The van der Waals surface area contributed by atoms with Crippen molar-refractivity contribution in [2.45, 2.75) is 26.0 Å². The summed E-state index contributed by atoms with van der Waals surface area (Å²) in [6, 6.07) is 6.88. The number of hydrogen-bond acceptors (Lipinski definition) is 3. The van der Waals surface area contributed by atoms with Crippen LogP contribution in [0.25, 0.3) is 0 Å². The molecule has 0 aromatic heterocycles. The number of alkyl halides is 2. The van der Waals surface area contributed by atoms with E-state index in [1.54, 1.807) is 18.2 Å². The van der Waals surface area contributed by atoms with Gasteiger partial charge in [0.1, 0.15) is 5.75 Å². The normalized spacial score (nSPS) is 13.0. The van der Waals surface area contributed by atoms with Crippen LogP contribution in [0.3, 0.4) is 0 Å². The molecule has 0 aliphatic carbocycles. The van der Waals surface area contributed by atoms with Crippen molar-refractivity contribution in [3.05, 3.63) is 29.8 Å². The Morgan fingerprint density at radius 3 is 2.58 bits per heavy atom. The van der Waals surface area contributed by atoms with Crippen LogP contribution < -0.4 is 10.1 Å². The second-order valence-electron chi connectivity index (χ2n) is 4.75. The Labute approximate surface area is 113 Å². The zero-order chi connectivity index (χ0) is 14.3. The van der Waals surface area contributed by atoms with Gasteiger partial charge in [0.05, 0.1) is 0 Å². The number of rotatable bonds is 8. The van der Waals surface area contributed by atoms with Gasteiger partial charge in [-0.05, 0) is 46.6 Å². The number of nitrogens with zero attached hydrogens (tertiary/aromatic N) is 1. The lowest BCUT2D eigenvalue weighted by Crippen LogP contribution is -2.24. The van der Waals surface area contributed by atoms with E-state index >= 15 is 0 Å². The van der Waals surface area contributed by atoms with Gasteiger partial charge in [0.25, 0.3) is 0 Å². The van der Waals surface area contributed by atoms with Gasteiger partial charge in [-0.1, -0.05) is 18.2 Å². The summed E-state index contributed by atoms with van der Waals surface area (Å²) in [5, 5.41) is 3.32. The Kier molecular flexibility index (Phi) is 6.73. The van der Waals surface area contributed by atoms with Crippen molar-refractivity contribution in [1.82, 2.24) is 10.2 Å². The Hall–Kier alpha value is -1.20. The van der Waals surface area contributed by atoms with Gasteiger partial charge in [-0.15, -0.1) is 0 Å². The maximum Gasteiger partial charge on any atom is 0.387 e. The molecule has 5 heteroatoms. The van der Waals surface area contributed by atoms with Crippen LogP contribution in [0.2, 0.25) is 0 Å². The first-order valence-corrected chi connectivity index (χ1v) is 6.42. The Balaban J connectivity index is 2.53. The van der Waals surface area contributed by atoms with Crippen LogP contribution in [0.15, 0.2) is 24.3 Å². The molecule has 1 atom stereocenters. The van der Waals surface area contributed by atoms with Crippen molar-refractivity contribution in [3.63, 3.8) is 0 Å². The fourth-order valence-corrected chi connectivity index (χ4v) is 1.87. The minimum Gasteiger partial charge on any atom is -0.434 e. The summed E-state index contributed by atoms with van der Waals surface area (Å²) >= 11 is 0. The molecule has 0 amide bonds. The summed E-state index contributed by atoms with van der Waals surface area (Å²) in [6.45, 7) is 0.989. The van der Waals surface area contributed by atoms with Gasteiger partial charge in [-0.3, -0.25) is 0 Å². The highest BCUT2D eigenvalue weighted by Crippen LogP contribution is 2.26. The molecule has 3 nitrogen and oxygen atoms in total. The number of para-hydroxylation sites is 1. The van der Waals surface area contributed by atoms with Gasteiger partial charge >= 0.3 is 6.61 Å². The summed E-state index contributed by atoms with van der Waals surface area (Å²) in [5.74, 6) is 0.241. The fraction of sp³-hybridized carbons (Fsp3) is 0.571. The number of halogens is 2. The van der Waals surface area contributed by atoms with Crippen LogP contribution in [0.4, 0.5) is 8.78 Å². The fourth-order valence-electron chi connectivity index (χ4n) is 1.87. The molecule has 108 valence electrons. The van der Waals surface area contributed by atoms with Gasteiger partial charge in [0.15, 0.2) is 0 Å². The van der Waals surface area contributed by atoms with Crippen LogP contribution in [-0.4, -0.2) is 38.7 Å². The maximum atomic E-state index is 12.3. The number of hydrogen-bond donors (Lipinski definition) is 1. The molecule has 1 unspecified atom stereocenters. The van der Waals surface area contributed by atoms with E-state index < -0.39 is 6.61 Å². The lowest BCUT2D eigenvalue weighted by Gasteiger charge is -2.18. The van der Waals surface area contributed by atoms with Crippen molar-refractivity contribution < 1.29 is 13.5 Å². The van der Waals surface area contributed by atoms with Crippen molar-refractivity contribution >= 4 is 0 Å². The van der Waals surface area contributed by atoms with Crippen molar-refractivity contribution in [2.75, 3.05) is 27.2 Å². The smallest absolute Gasteiger partial charge is 0.387 e. The molecule has 1 rings (SSSR count). The number of ether oxygens (including phenoxy) is 1. The predicted molar refractivity (Wildman–Crippen MR) is 72.7 cm³/mol. The van der Waals surface area contributed by atoms with E-state index in [-0.39, 0.29) is 11.8 Å². The molecule has 1 N–H and O–H groups in total. The summed E-state index contributed by atoms with van der Waals surface area (Å²) in [6.07, 6.45) is 1.01. The van der Waals surface area contributed by atoms with Crippen molar-refractivity contribution in [1.29, 1.82) is 0 Å². The second-order valence-corrected chi connectivity index (χ2v) is 4.75. The van der Waals surface area contributed by atoms with Crippen molar-refractivity contribution in [2.24, 2.45) is 0 Å². The first-order valence-electron chi connectivity index (χ1n) is 6.42. The van der Waals surface area contributed by atoms with E-state index in [4.69, 9.17) is 0 Å². The molecule has 19 heavy (non-hydrogen) atoms. The molecule has 0 radical (unpaired) electrons. The average Bonchev–Trinajstić information content (AvgIpc) is 2.34. The molecule has 0 fully saturated rings. The van der Waals surface area contributed by atoms with Gasteiger partial charge in [0, 0.05) is 11.6 Å². The van der Waals surface area contributed by atoms with Gasteiger partial charge < -0.3 is 15.0 Å². The summed E-state index contributed by atoms with van der Waals surface area (Å²) in [5.41, 5.74) is 0.757. The maximum absolute atomic E-state index is 12.3. The zero-order valence-corrected chi connectivity index (χ0v) is 11.7. The Bertz CT molecular complexity index is 372. The molecule has 1 aromatic rings. The van der Waals surface area contributed by atoms with E-state index in [9.17, 15) is 8.78 Å². The SMILES string of the molecule is CC(NCCCN(C)C)c1ccccc1OC(F)F. The molecule has 0 heterocycles. The Morgan fingerprint density at radius 2 is 1.95 bits per heavy atom. The quantitative estimate of drug-likeness (QED) is 0.736. The lowest BCUT2D eigenvalue weighted by atomic mass is 10.1. The summed E-state index contributed by atoms with van der Waals surface area (Å²) in [7, 11) is 4.05. The summed E-state index contributed by atoms with van der Waals surface area (Å²) in [4.78, 5) is 2.11. The van der Waals surface area contributed by atoms with Crippen LogP contribution in [0, 0.1) is 0 Å². The highest BCUT2D eigenvalue weighted by Gasteiger charge is 2.13. The third-order valence-corrected chi connectivity index (χ3v) is 2.83. The molecular weight excluding hydrogens is 250 g/mol. The van der Waals surface area contributed by atoms with Gasteiger partial charge in [0.2, 0.25) is 0 Å². The van der Waals surface area contributed by atoms with Gasteiger partial charge in [-0.25, -0.2) is 0 Å². The molecule has 0 aliphatic heterocycles. The van der Waals surface area contributed by atoms with Crippen LogP contribution in [-0.2, 0) is 0 Å². The lowest BCUT2D eigenvalue weighted by molar-refractivity contribution is -0.0506. The summed E-state index contributed by atoms with van der Waals surface area (Å²) < 4.78 is 29.2. The highest BCUT2D eigenvalue weighted by molar-refractivity contribution is 5.35. The molecule has 1 aromatic carbocycles. The van der Waals surface area contributed by atoms with E-state index in [1.807, 2.05) is 27.1 Å². The predicted octanol–water partition coefficient (Wildman–Crippen LogP) is 2.89. The van der Waals surface area contributed by atoms with Crippen LogP contribution in [0.1, 0.15) is 24.9 Å². The largest absolute Gasteiger partial charge is 0.434 e. The highest BCUT2D eigenvalue weighted by atomic mass is 19.3. The van der Waals surface area contributed by atoms with E-state index in [2.05, 4.69) is 15.0 Å². The second kappa shape index (κ2) is 8.07. The number of benzene rings is 1. The first kappa shape index (κ1) is 15.9. The molecule has 0 bridgehead atoms. The van der Waals surface area contributed by atoms with E-state index in [0.29, 0.717) is 0 Å². The Morgan fingerprint density at radius 1 is 1.26 bits per heavy atom. The molecule has 0 saturated heterocycles. The third-order valence-electron chi connectivity index (χ3n) is 2.83. The van der Waals surface area contributed by atoms with E-state index in [1.165, 1.54) is 0 Å². The minimum atomic E-state index is -2.79. The molecule has 0 spiro atoms. The van der Waals surface area contributed by atoms with Crippen molar-refractivity contribution in [3.8, 4) is 5.75 Å².